The van der Waals surface area contributed by atoms with Crippen LogP contribution in [0, 0.1) is 5.41 Å². The molecule has 2 saturated heterocycles. The number of hydrogen-bond donors (Lipinski definition) is 0. The summed E-state index contributed by atoms with van der Waals surface area (Å²) >= 11 is 1.06. The fraction of sp³-hybridized carbons (Fsp3) is 0.393. The molecule has 1 unspecified atom stereocenters. The summed E-state index contributed by atoms with van der Waals surface area (Å²) in [6.45, 7) is 3.18. The van der Waals surface area contributed by atoms with Gasteiger partial charge in [0, 0.05) is 61.8 Å². The lowest BCUT2D eigenvalue weighted by molar-refractivity contribution is -0.126. The van der Waals surface area contributed by atoms with Gasteiger partial charge in [0.1, 0.15) is 17.0 Å². The number of aryl methyl sites for hydroxylation is 1. The van der Waals surface area contributed by atoms with Crippen LogP contribution in [-0.2, 0) is 13.5 Å². The normalized spacial score (nSPS) is 19.4. The Bertz CT molecular complexity index is 1640. The Balaban J connectivity index is 1.09. The van der Waals surface area contributed by atoms with Crippen LogP contribution < -0.4 is 4.90 Å². The Morgan fingerprint density at radius 3 is 2.46 bits per heavy atom. The summed E-state index contributed by atoms with van der Waals surface area (Å²) in [5, 5.41) is 4.99. The van der Waals surface area contributed by atoms with Crippen molar-refractivity contribution in [1.29, 1.82) is 0 Å². The number of imide groups is 1. The molecule has 0 aliphatic carbocycles. The molecule has 1 spiro atoms. The van der Waals surface area contributed by atoms with Gasteiger partial charge in [-0.05, 0) is 24.6 Å². The number of fused-ring (bicyclic) bond motifs is 2. The molecule has 13 heteroatoms. The second-order valence-electron chi connectivity index (χ2n) is 11.2. The highest BCUT2D eigenvalue weighted by Gasteiger charge is 2.51. The van der Waals surface area contributed by atoms with Crippen molar-refractivity contribution in [1.82, 2.24) is 29.5 Å². The van der Waals surface area contributed by atoms with Crippen molar-refractivity contribution in [3.8, 4) is 0 Å². The van der Waals surface area contributed by atoms with Crippen LogP contribution in [0.2, 0.25) is 0 Å². The number of hydrogen-bond acceptors (Lipinski definition) is 8. The van der Waals surface area contributed by atoms with E-state index in [1.165, 1.54) is 11.2 Å². The summed E-state index contributed by atoms with van der Waals surface area (Å²) in [7, 11) is 1.84. The zero-order chi connectivity index (χ0) is 28.5. The van der Waals surface area contributed by atoms with Gasteiger partial charge in [-0.3, -0.25) is 24.1 Å². The second-order valence-corrected chi connectivity index (χ2v) is 12.3. The number of benzene rings is 1. The number of carbonyl (C=O) groups is 2. The van der Waals surface area contributed by atoms with E-state index in [-0.39, 0.29) is 34.7 Å². The smallest absolute Gasteiger partial charge is 0.355 e. The largest absolute Gasteiger partial charge is 0.393 e. The van der Waals surface area contributed by atoms with Gasteiger partial charge in [0.05, 0.1) is 35.2 Å². The molecule has 3 aromatic heterocycles. The predicted molar refractivity (Wildman–Crippen MR) is 146 cm³/mol. The third-order valence-electron chi connectivity index (χ3n) is 8.33. The van der Waals surface area contributed by atoms with Gasteiger partial charge in [0.2, 0.25) is 0 Å². The molecule has 6 heterocycles. The van der Waals surface area contributed by atoms with E-state index in [1.54, 1.807) is 41.2 Å². The molecule has 0 radical (unpaired) electrons. The van der Waals surface area contributed by atoms with E-state index in [4.69, 9.17) is 0 Å². The first kappa shape index (κ1) is 26.1. The van der Waals surface area contributed by atoms with Gasteiger partial charge >= 0.3 is 6.18 Å². The number of halogens is 3. The summed E-state index contributed by atoms with van der Waals surface area (Å²) in [6, 6.07) is 8.25. The van der Waals surface area contributed by atoms with Crippen molar-refractivity contribution < 1.29 is 22.8 Å². The number of aromatic nitrogens is 4. The minimum atomic E-state index is -4.28. The van der Waals surface area contributed by atoms with Gasteiger partial charge in [-0.2, -0.15) is 18.3 Å². The van der Waals surface area contributed by atoms with E-state index >= 15 is 0 Å². The van der Waals surface area contributed by atoms with E-state index in [9.17, 15) is 22.8 Å². The topological polar surface area (TPSA) is 87.5 Å². The van der Waals surface area contributed by atoms with E-state index < -0.39 is 12.6 Å². The number of rotatable bonds is 6. The number of alkyl halides is 3. The average Bonchev–Trinajstić information content (AvgIpc) is 3.68. The average molecular weight is 582 g/mol. The molecule has 0 N–H and O–H groups in total. The lowest BCUT2D eigenvalue weighted by Crippen LogP contribution is -2.60. The molecular weight excluding hydrogens is 555 g/mol. The molecule has 0 bridgehead atoms. The maximum Gasteiger partial charge on any atom is 0.393 e. The zero-order valence-electron chi connectivity index (χ0n) is 22.1. The summed E-state index contributed by atoms with van der Waals surface area (Å²) in [4.78, 5) is 41.5. The highest BCUT2D eigenvalue weighted by atomic mass is 32.1. The quantitative estimate of drug-likeness (QED) is 0.317. The lowest BCUT2D eigenvalue weighted by Gasteiger charge is -2.51. The number of thiophene rings is 1. The minimum absolute atomic E-state index is 0.0233. The molecule has 2 fully saturated rings. The minimum Gasteiger partial charge on any atom is -0.355 e. The van der Waals surface area contributed by atoms with Crippen molar-refractivity contribution in [3.63, 3.8) is 0 Å². The van der Waals surface area contributed by atoms with Crippen molar-refractivity contribution >= 4 is 39.2 Å². The molecule has 41 heavy (non-hydrogen) atoms. The molecule has 7 rings (SSSR count). The van der Waals surface area contributed by atoms with Crippen LogP contribution in [0.5, 0.6) is 0 Å². The zero-order valence-corrected chi connectivity index (χ0v) is 23.0. The maximum atomic E-state index is 13.1. The Kier molecular flexibility index (Phi) is 5.95. The number of likely N-dealkylation sites (tertiary alicyclic amines) is 1. The standard InChI is InChI=1S/C28H26F3N7O2S/c1-35-11-17(10-34-35)22(12-38-25(39)19-4-2-3-5-20(19)26(38)40)37-14-27(15-37)6-7-36(13-27)23-21-8-18(9-28(29,30)31)41-24(21)33-16-32-23/h2-5,8,10-11,16,22H,6-7,9,12-15H2,1H3. The van der Waals surface area contributed by atoms with Crippen LogP contribution in [-0.4, -0.2) is 80.3 Å². The first-order valence-corrected chi connectivity index (χ1v) is 14.1. The molecule has 3 aliphatic heterocycles. The lowest BCUT2D eigenvalue weighted by atomic mass is 9.77. The maximum absolute atomic E-state index is 13.1. The molecule has 4 aromatic rings. The SMILES string of the molecule is Cn1cc(C(CN2C(=O)c3ccccc3C2=O)N2CC3(CCN(c4ncnc5sc(CC(F)(F)F)cc45)C3)C2)cn1. The van der Waals surface area contributed by atoms with Crippen LogP contribution >= 0.6 is 11.3 Å². The molecule has 9 nitrogen and oxygen atoms in total. The first-order chi connectivity index (χ1) is 19.6. The monoisotopic (exact) mass is 581 g/mol. The van der Waals surface area contributed by atoms with E-state index in [0.29, 0.717) is 33.7 Å². The Labute approximate surface area is 237 Å². The predicted octanol–water partition coefficient (Wildman–Crippen LogP) is 4.08. The molecule has 1 aromatic carbocycles. The molecular formula is C28H26F3N7O2S. The highest BCUT2D eigenvalue weighted by molar-refractivity contribution is 7.18. The number of anilines is 1. The van der Waals surface area contributed by atoms with Crippen LogP contribution in [0.15, 0.2) is 49.1 Å². The Hall–Kier alpha value is -3.84. The van der Waals surface area contributed by atoms with Gasteiger partial charge < -0.3 is 4.90 Å². The molecule has 212 valence electrons. The Morgan fingerprint density at radius 1 is 1.07 bits per heavy atom. The van der Waals surface area contributed by atoms with Crippen molar-refractivity contribution in [2.24, 2.45) is 12.5 Å². The molecule has 3 aliphatic rings. The summed E-state index contributed by atoms with van der Waals surface area (Å²) in [5.74, 6) is 0.107. The fourth-order valence-electron chi connectivity index (χ4n) is 6.46. The van der Waals surface area contributed by atoms with Gasteiger partial charge in [-0.15, -0.1) is 11.3 Å². The number of carbonyl (C=O) groups excluding carboxylic acids is 2. The third kappa shape index (κ3) is 4.56. The highest BCUT2D eigenvalue weighted by Crippen LogP contribution is 2.46. The van der Waals surface area contributed by atoms with E-state index in [0.717, 1.165) is 43.0 Å². The number of nitrogens with zero attached hydrogens (tertiary/aromatic N) is 7. The van der Waals surface area contributed by atoms with Crippen LogP contribution in [0.25, 0.3) is 10.2 Å². The summed E-state index contributed by atoms with van der Waals surface area (Å²) < 4.78 is 40.7. The van der Waals surface area contributed by atoms with Crippen molar-refractivity contribution in [2.75, 3.05) is 37.6 Å². The van der Waals surface area contributed by atoms with Crippen LogP contribution in [0.1, 0.15) is 43.6 Å². The first-order valence-electron chi connectivity index (χ1n) is 13.3. The fourth-order valence-corrected chi connectivity index (χ4v) is 7.48. The second kappa shape index (κ2) is 9.35. The number of amides is 2. The summed E-state index contributed by atoms with van der Waals surface area (Å²) in [6.07, 6.45) is 0.767. The van der Waals surface area contributed by atoms with Gasteiger partial charge in [-0.1, -0.05) is 12.1 Å². The van der Waals surface area contributed by atoms with Crippen molar-refractivity contribution in [2.45, 2.75) is 25.1 Å². The molecule has 0 saturated carbocycles. The summed E-state index contributed by atoms with van der Waals surface area (Å²) in [5.41, 5.74) is 1.76. The van der Waals surface area contributed by atoms with E-state index in [2.05, 4.69) is 24.9 Å². The van der Waals surface area contributed by atoms with Crippen LogP contribution in [0.4, 0.5) is 19.0 Å². The third-order valence-corrected chi connectivity index (χ3v) is 9.38. The van der Waals surface area contributed by atoms with Gasteiger partial charge in [0.25, 0.3) is 11.8 Å². The molecule has 2 amide bonds. The van der Waals surface area contributed by atoms with E-state index in [1.807, 2.05) is 13.2 Å². The van der Waals surface area contributed by atoms with Crippen LogP contribution in [0.3, 0.4) is 0 Å². The van der Waals surface area contributed by atoms with Crippen molar-refractivity contribution in [3.05, 3.63) is 70.6 Å². The Morgan fingerprint density at radius 2 is 1.80 bits per heavy atom. The van der Waals surface area contributed by atoms with Gasteiger partial charge in [0.15, 0.2) is 0 Å². The molecule has 1 atom stereocenters. The van der Waals surface area contributed by atoms with Gasteiger partial charge in [-0.25, -0.2) is 9.97 Å².